The molecule has 3 heterocycles. The largest absolute Gasteiger partial charge is 0.462 e. The predicted octanol–water partition coefficient (Wildman–Crippen LogP) is 2.88. The monoisotopic (exact) mass is 492 g/mol. The normalized spacial score (nSPS) is 24.9. The molecule has 3 fully saturated rings. The molecule has 1 saturated carbocycles. The van der Waals surface area contributed by atoms with Crippen molar-refractivity contribution in [2.75, 3.05) is 26.3 Å². The Morgan fingerprint density at radius 1 is 1.12 bits per heavy atom. The lowest BCUT2D eigenvalue weighted by Gasteiger charge is -2.26. The van der Waals surface area contributed by atoms with Crippen molar-refractivity contribution >= 4 is 27.8 Å². The van der Waals surface area contributed by atoms with Crippen molar-refractivity contribution in [3.8, 4) is 11.4 Å². The number of sulfonamides is 1. The number of cyclic esters (lactones) is 1. The average Bonchev–Trinajstić information content (AvgIpc) is 3.55. The summed E-state index contributed by atoms with van der Waals surface area (Å²) in [5.41, 5.74) is 0.706. The number of aromatic nitrogens is 3. The molecule has 2 saturated heterocycles. The highest BCUT2D eigenvalue weighted by Gasteiger charge is 2.36. The second-order valence-electron chi connectivity index (χ2n) is 8.75. The summed E-state index contributed by atoms with van der Waals surface area (Å²) in [6.45, 7) is 3.39. The van der Waals surface area contributed by atoms with Gasteiger partial charge in [0.2, 0.25) is 10.0 Å². The van der Waals surface area contributed by atoms with Crippen LogP contribution < -0.4 is 0 Å². The molecule has 5 rings (SSSR count). The van der Waals surface area contributed by atoms with Crippen molar-refractivity contribution in [1.29, 1.82) is 0 Å². The molecule has 11 heteroatoms. The van der Waals surface area contributed by atoms with Crippen LogP contribution >= 0.6 is 11.8 Å². The summed E-state index contributed by atoms with van der Waals surface area (Å²) in [6, 6.07) is 7.15. The van der Waals surface area contributed by atoms with Crippen LogP contribution in [0.5, 0.6) is 0 Å². The number of nitrogens with zero attached hydrogens (tertiary/aromatic N) is 4. The zero-order valence-corrected chi connectivity index (χ0v) is 20.2. The summed E-state index contributed by atoms with van der Waals surface area (Å²) in [6.07, 6.45) is 4.82. The topological polar surface area (TPSA) is 104 Å². The van der Waals surface area contributed by atoms with E-state index in [9.17, 15) is 13.2 Å². The van der Waals surface area contributed by atoms with Crippen LogP contribution in [-0.2, 0) is 24.3 Å². The average molecular weight is 493 g/mol. The lowest BCUT2D eigenvalue weighted by Crippen LogP contribution is -2.40. The fraction of sp³-hybridized carbons (Fsp3) is 0.591. The van der Waals surface area contributed by atoms with E-state index in [0.29, 0.717) is 49.3 Å². The maximum absolute atomic E-state index is 13.2. The Kier molecular flexibility index (Phi) is 6.47. The first kappa shape index (κ1) is 22.8. The Hall–Kier alpha value is -1.95. The number of esters is 1. The first-order valence-corrected chi connectivity index (χ1v) is 13.8. The van der Waals surface area contributed by atoms with Crippen molar-refractivity contribution in [2.45, 2.75) is 66.5 Å². The Labute approximate surface area is 197 Å². The second-order valence-corrected chi connectivity index (χ2v) is 11.9. The van der Waals surface area contributed by atoms with Crippen LogP contribution in [0, 0.1) is 0 Å². The zero-order chi connectivity index (χ0) is 23.0. The van der Waals surface area contributed by atoms with E-state index in [1.165, 1.54) is 16.1 Å². The van der Waals surface area contributed by atoms with Gasteiger partial charge in [-0.1, -0.05) is 36.7 Å². The molecule has 2 aliphatic heterocycles. The number of carbonyl (C=O) groups is 1. The van der Waals surface area contributed by atoms with Gasteiger partial charge >= 0.3 is 5.97 Å². The minimum absolute atomic E-state index is 0.0978. The van der Waals surface area contributed by atoms with Gasteiger partial charge in [-0.3, -0.25) is 9.36 Å². The third-order valence-corrected chi connectivity index (χ3v) is 9.48. The molecular formula is C22H28N4O5S2. The smallest absolute Gasteiger partial charge is 0.319 e. The molecule has 1 aromatic heterocycles. The number of hydrogen-bond acceptors (Lipinski definition) is 8. The number of benzene rings is 1. The highest BCUT2D eigenvalue weighted by molar-refractivity contribution is 8.00. The van der Waals surface area contributed by atoms with Gasteiger partial charge in [-0.2, -0.15) is 4.31 Å². The standard InChI is InChI=1S/C22H28N4O5S2/c1-15-13-19(21(27)31-15)32-22-24-23-20(26(22)17-6-2-3-7-17)16-5-4-8-18(14-16)33(28,29)25-9-11-30-12-10-25/h4-5,8,14-15,17,19H,2-3,6-7,9-13H2,1H3/t15-,19+/m0/s1. The molecule has 2 aromatic rings. The van der Waals surface area contributed by atoms with Gasteiger partial charge in [0.05, 0.1) is 18.1 Å². The molecule has 2 atom stereocenters. The number of hydrogen-bond donors (Lipinski definition) is 0. The molecule has 3 aliphatic rings. The molecule has 1 aliphatic carbocycles. The van der Waals surface area contributed by atoms with Gasteiger partial charge in [0, 0.05) is 31.1 Å². The van der Waals surface area contributed by atoms with Crippen LogP contribution in [0.2, 0.25) is 0 Å². The molecule has 178 valence electrons. The van der Waals surface area contributed by atoms with E-state index >= 15 is 0 Å². The van der Waals surface area contributed by atoms with Crippen LogP contribution in [-0.4, -0.2) is 71.1 Å². The zero-order valence-electron chi connectivity index (χ0n) is 18.6. The third-order valence-electron chi connectivity index (χ3n) is 6.43. The number of ether oxygens (including phenoxy) is 2. The molecular weight excluding hydrogens is 464 g/mol. The second kappa shape index (κ2) is 9.36. The summed E-state index contributed by atoms with van der Waals surface area (Å²) >= 11 is 1.40. The molecule has 0 N–H and O–H groups in total. The van der Waals surface area contributed by atoms with Gasteiger partial charge in [-0.15, -0.1) is 10.2 Å². The quantitative estimate of drug-likeness (QED) is 0.567. The van der Waals surface area contributed by atoms with Crippen LogP contribution in [0.15, 0.2) is 34.3 Å². The fourth-order valence-corrected chi connectivity index (χ4v) is 7.39. The first-order valence-electron chi connectivity index (χ1n) is 11.4. The summed E-state index contributed by atoms with van der Waals surface area (Å²) in [7, 11) is -3.62. The van der Waals surface area contributed by atoms with Crippen LogP contribution in [0.25, 0.3) is 11.4 Å². The van der Waals surface area contributed by atoms with E-state index in [4.69, 9.17) is 9.47 Å². The third kappa shape index (κ3) is 4.55. The maximum Gasteiger partial charge on any atom is 0.319 e. The van der Waals surface area contributed by atoms with E-state index in [1.807, 2.05) is 13.0 Å². The van der Waals surface area contributed by atoms with Crippen molar-refractivity contribution < 1.29 is 22.7 Å². The van der Waals surface area contributed by atoms with Crippen LogP contribution in [0.1, 0.15) is 45.1 Å². The highest BCUT2D eigenvalue weighted by Crippen LogP contribution is 2.39. The van der Waals surface area contributed by atoms with Gasteiger partial charge in [-0.25, -0.2) is 8.42 Å². The van der Waals surface area contributed by atoms with E-state index in [0.717, 1.165) is 25.7 Å². The Balaban J connectivity index is 1.49. The molecule has 33 heavy (non-hydrogen) atoms. The minimum Gasteiger partial charge on any atom is -0.462 e. The van der Waals surface area contributed by atoms with Gasteiger partial charge in [0.15, 0.2) is 11.0 Å². The van der Waals surface area contributed by atoms with Crippen molar-refractivity contribution in [3.63, 3.8) is 0 Å². The fourth-order valence-electron chi connectivity index (χ4n) is 4.72. The first-order chi connectivity index (χ1) is 15.9. The molecule has 9 nitrogen and oxygen atoms in total. The van der Waals surface area contributed by atoms with E-state index < -0.39 is 10.0 Å². The lowest BCUT2D eigenvalue weighted by molar-refractivity contribution is -0.140. The number of carbonyl (C=O) groups excluding carboxylic acids is 1. The van der Waals surface area contributed by atoms with Crippen molar-refractivity contribution in [1.82, 2.24) is 19.1 Å². The van der Waals surface area contributed by atoms with Gasteiger partial charge in [0.25, 0.3) is 0 Å². The predicted molar refractivity (Wildman–Crippen MR) is 122 cm³/mol. The summed E-state index contributed by atoms with van der Waals surface area (Å²) in [5.74, 6) is 0.427. The SMILES string of the molecule is C[C@H]1C[C@@H](Sc2nnc(-c3cccc(S(=O)(=O)N4CCOCC4)c3)n2C2CCCC2)C(=O)O1. The number of thioether (sulfide) groups is 1. The number of morpholine rings is 1. The van der Waals surface area contributed by atoms with E-state index in [2.05, 4.69) is 14.8 Å². The Morgan fingerprint density at radius 2 is 1.88 bits per heavy atom. The molecule has 0 amide bonds. The summed E-state index contributed by atoms with van der Waals surface area (Å²) in [5, 5.41) is 9.29. The Morgan fingerprint density at radius 3 is 2.58 bits per heavy atom. The highest BCUT2D eigenvalue weighted by atomic mass is 32.2. The molecule has 0 radical (unpaired) electrons. The molecule has 1 aromatic carbocycles. The summed E-state index contributed by atoms with van der Waals surface area (Å²) in [4.78, 5) is 12.5. The van der Waals surface area contributed by atoms with Gasteiger partial charge in [-0.05, 0) is 31.9 Å². The molecule has 0 bridgehead atoms. The van der Waals surface area contributed by atoms with Crippen molar-refractivity contribution in [2.24, 2.45) is 0 Å². The van der Waals surface area contributed by atoms with Crippen LogP contribution in [0.3, 0.4) is 0 Å². The van der Waals surface area contributed by atoms with Crippen molar-refractivity contribution in [3.05, 3.63) is 24.3 Å². The Bertz CT molecular complexity index is 1120. The maximum atomic E-state index is 13.2. The minimum atomic E-state index is -3.62. The summed E-state index contributed by atoms with van der Waals surface area (Å²) < 4.78 is 40.6. The van der Waals surface area contributed by atoms with Gasteiger partial charge < -0.3 is 9.47 Å². The molecule has 0 unspecified atom stereocenters. The lowest BCUT2D eigenvalue weighted by atomic mass is 10.2. The van der Waals surface area contributed by atoms with E-state index in [1.54, 1.807) is 18.2 Å². The van der Waals surface area contributed by atoms with Gasteiger partial charge in [0.1, 0.15) is 11.4 Å². The van der Waals surface area contributed by atoms with E-state index in [-0.39, 0.29) is 28.3 Å². The van der Waals surface area contributed by atoms with Crippen LogP contribution in [0.4, 0.5) is 0 Å². The number of rotatable bonds is 6. The molecule has 0 spiro atoms.